The average Bonchev–Trinajstić information content (AvgIpc) is 3.45. The number of nitrogens with zero attached hydrogens (tertiary/aromatic N) is 3. The number of nitro benzene ring substituents is 1. The molecule has 9 nitrogen and oxygen atoms in total. The van der Waals surface area contributed by atoms with Crippen molar-refractivity contribution in [2.45, 2.75) is 5.92 Å². The number of fused-ring (bicyclic) bond motifs is 4. The Morgan fingerprint density at radius 2 is 1.79 bits per heavy atom. The van der Waals surface area contributed by atoms with E-state index in [1.807, 2.05) is 30.3 Å². The maximum Gasteiger partial charge on any atom is 0.269 e. The molecule has 0 aromatic heterocycles. The molecule has 0 radical (unpaired) electrons. The summed E-state index contributed by atoms with van der Waals surface area (Å²) in [6.07, 6.45) is 0. The third kappa shape index (κ3) is 2.76. The minimum absolute atomic E-state index is 0.0470. The number of para-hydroxylation sites is 4. The van der Waals surface area contributed by atoms with E-state index in [0.29, 0.717) is 34.2 Å². The lowest BCUT2D eigenvalue weighted by atomic mass is 9.81. The van der Waals surface area contributed by atoms with Crippen LogP contribution in [0.15, 0.2) is 95.7 Å². The summed E-state index contributed by atoms with van der Waals surface area (Å²) in [5.74, 6) is 0.828. The van der Waals surface area contributed by atoms with E-state index < -0.39 is 10.8 Å². The van der Waals surface area contributed by atoms with Gasteiger partial charge in [-0.2, -0.15) is 5.26 Å². The monoisotopic (exact) mass is 449 g/mol. The Balaban J connectivity index is 1.62. The van der Waals surface area contributed by atoms with Crippen LogP contribution < -0.4 is 19.7 Å². The predicted molar refractivity (Wildman–Crippen MR) is 123 cm³/mol. The van der Waals surface area contributed by atoms with Crippen molar-refractivity contribution in [1.29, 1.82) is 10.7 Å². The summed E-state index contributed by atoms with van der Waals surface area (Å²) in [5.41, 5.74) is 2.31. The van der Waals surface area contributed by atoms with E-state index in [1.165, 1.54) is 12.1 Å². The first-order valence-electron chi connectivity index (χ1n) is 10.4. The van der Waals surface area contributed by atoms with E-state index in [-0.39, 0.29) is 23.0 Å². The highest BCUT2D eigenvalue weighted by Crippen LogP contribution is 2.50. The van der Waals surface area contributed by atoms with Crippen molar-refractivity contribution in [2.24, 2.45) is 0 Å². The molecule has 34 heavy (non-hydrogen) atoms. The molecule has 1 unspecified atom stereocenters. The number of rotatable bonds is 2. The Morgan fingerprint density at radius 1 is 1.03 bits per heavy atom. The third-order valence-corrected chi connectivity index (χ3v) is 5.93. The van der Waals surface area contributed by atoms with Gasteiger partial charge in [0.2, 0.25) is 11.8 Å². The smallest absolute Gasteiger partial charge is 0.269 e. The molecule has 0 aliphatic carbocycles. The number of amidine groups is 1. The zero-order chi connectivity index (χ0) is 23.4. The fourth-order valence-electron chi connectivity index (χ4n) is 4.45. The van der Waals surface area contributed by atoms with Gasteiger partial charge < -0.3 is 14.8 Å². The van der Waals surface area contributed by atoms with Crippen molar-refractivity contribution in [1.82, 2.24) is 0 Å². The van der Waals surface area contributed by atoms with Crippen LogP contribution in [0.25, 0.3) is 0 Å². The van der Waals surface area contributed by atoms with Gasteiger partial charge in [-0.3, -0.25) is 20.4 Å². The van der Waals surface area contributed by atoms with Gasteiger partial charge in [-0.05, 0) is 29.8 Å². The fourth-order valence-corrected chi connectivity index (χ4v) is 4.45. The molecular formula is C25H15N5O4. The zero-order valence-corrected chi connectivity index (χ0v) is 17.5. The van der Waals surface area contributed by atoms with Crippen LogP contribution in [0.1, 0.15) is 11.5 Å². The number of allylic oxidation sites excluding steroid dienone is 1. The summed E-state index contributed by atoms with van der Waals surface area (Å²) in [6.45, 7) is 0. The van der Waals surface area contributed by atoms with Crippen LogP contribution in [0.5, 0.6) is 11.5 Å². The molecule has 3 heterocycles. The van der Waals surface area contributed by atoms with Gasteiger partial charge in [-0.1, -0.05) is 36.4 Å². The van der Waals surface area contributed by atoms with Crippen LogP contribution in [0.3, 0.4) is 0 Å². The minimum Gasteiger partial charge on any atom is -0.438 e. The van der Waals surface area contributed by atoms with Crippen molar-refractivity contribution >= 4 is 22.9 Å². The summed E-state index contributed by atoms with van der Waals surface area (Å²) >= 11 is 0. The summed E-state index contributed by atoms with van der Waals surface area (Å²) in [5, 5.41) is 34.1. The van der Waals surface area contributed by atoms with E-state index in [4.69, 9.17) is 14.9 Å². The highest BCUT2D eigenvalue weighted by Gasteiger charge is 2.46. The molecule has 3 aliphatic rings. The molecule has 3 aliphatic heterocycles. The van der Waals surface area contributed by atoms with Gasteiger partial charge in [-0.15, -0.1) is 0 Å². The number of nitrogens with one attached hydrogen (secondary N) is 2. The molecule has 3 aromatic rings. The van der Waals surface area contributed by atoms with Gasteiger partial charge in [0, 0.05) is 12.1 Å². The summed E-state index contributed by atoms with van der Waals surface area (Å²) in [6, 6.07) is 22.8. The first-order valence-corrected chi connectivity index (χ1v) is 10.4. The third-order valence-electron chi connectivity index (χ3n) is 5.93. The van der Waals surface area contributed by atoms with Gasteiger partial charge in [-0.25, -0.2) is 0 Å². The van der Waals surface area contributed by atoms with E-state index in [0.717, 1.165) is 5.69 Å². The highest BCUT2D eigenvalue weighted by molar-refractivity contribution is 6.15. The average molecular weight is 449 g/mol. The van der Waals surface area contributed by atoms with Crippen LogP contribution in [0.4, 0.5) is 17.1 Å². The minimum atomic E-state index is -0.824. The molecule has 0 saturated heterocycles. The Morgan fingerprint density at radius 3 is 2.56 bits per heavy atom. The fraction of sp³-hybridized carbons (Fsp3) is 0.0400. The molecule has 6 rings (SSSR count). The molecule has 0 bridgehead atoms. The second-order valence-corrected chi connectivity index (χ2v) is 7.84. The summed E-state index contributed by atoms with van der Waals surface area (Å²) < 4.78 is 12.1. The number of nitriles is 1. The molecule has 3 aromatic carbocycles. The van der Waals surface area contributed by atoms with Crippen LogP contribution in [0, 0.1) is 26.9 Å². The Bertz CT molecular complexity index is 1490. The molecule has 2 N–H and O–H groups in total. The zero-order valence-electron chi connectivity index (χ0n) is 17.5. The maximum atomic E-state index is 11.5. The number of hydrogen-bond acceptors (Lipinski definition) is 7. The van der Waals surface area contributed by atoms with Crippen LogP contribution in [-0.4, -0.2) is 10.8 Å². The van der Waals surface area contributed by atoms with Crippen LogP contribution in [0.2, 0.25) is 0 Å². The number of nitro groups is 1. The Labute approximate surface area is 193 Å². The van der Waals surface area contributed by atoms with Gasteiger partial charge in [0.1, 0.15) is 17.5 Å². The lowest BCUT2D eigenvalue weighted by Gasteiger charge is -2.33. The van der Waals surface area contributed by atoms with Gasteiger partial charge >= 0.3 is 0 Å². The van der Waals surface area contributed by atoms with E-state index in [9.17, 15) is 15.4 Å². The van der Waals surface area contributed by atoms with Crippen molar-refractivity contribution in [2.75, 3.05) is 10.2 Å². The molecule has 0 spiro atoms. The molecule has 0 fully saturated rings. The number of ether oxygens (including phenoxy) is 2. The van der Waals surface area contributed by atoms with E-state index >= 15 is 0 Å². The largest absolute Gasteiger partial charge is 0.438 e. The van der Waals surface area contributed by atoms with Crippen molar-refractivity contribution in [3.05, 3.63) is 111 Å². The van der Waals surface area contributed by atoms with Gasteiger partial charge in [0.05, 0.1) is 27.8 Å². The topological polar surface area (TPSA) is 125 Å². The second kappa shape index (κ2) is 7.21. The quantitative estimate of drug-likeness (QED) is 0.416. The van der Waals surface area contributed by atoms with Crippen LogP contribution >= 0.6 is 0 Å². The first kappa shape index (κ1) is 19.6. The van der Waals surface area contributed by atoms with Gasteiger partial charge in [0.25, 0.3) is 5.69 Å². The number of anilines is 2. The SMILES string of the molecule is N#CC1=C2Oc3ccccc3N2C(=N)/C(=C2\Nc3ccccc3O2)C1c1cccc([N+](=O)[O-])c1. The number of hydrogen-bond donors (Lipinski definition) is 2. The van der Waals surface area contributed by atoms with Gasteiger partial charge in [0.15, 0.2) is 11.5 Å². The molecule has 0 amide bonds. The van der Waals surface area contributed by atoms with E-state index in [1.54, 1.807) is 35.2 Å². The highest BCUT2D eigenvalue weighted by atomic mass is 16.6. The van der Waals surface area contributed by atoms with Crippen LogP contribution in [-0.2, 0) is 0 Å². The molecule has 0 saturated carbocycles. The van der Waals surface area contributed by atoms with Crippen molar-refractivity contribution < 1.29 is 14.4 Å². The maximum absolute atomic E-state index is 11.5. The molecule has 9 heteroatoms. The van der Waals surface area contributed by atoms with Crippen molar-refractivity contribution in [3.8, 4) is 17.6 Å². The second-order valence-electron chi connectivity index (χ2n) is 7.84. The predicted octanol–water partition coefficient (Wildman–Crippen LogP) is 5.02. The Kier molecular flexibility index (Phi) is 4.15. The number of non-ortho nitro benzene ring substituents is 1. The molecule has 164 valence electrons. The molecule has 1 atom stereocenters. The van der Waals surface area contributed by atoms with E-state index in [2.05, 4.69) is 11.4 Å². The summed E-state index contributed by atoms with van der Waals surface area (Å²) in [4.78, 5) is 12.6. The lowest BCUT2D eigenvalue weighted by molar-refractivity contribution is -0.384. The first-order chi connectivity index (χ1) is 16.6. The normalized spacial score (nSPS) is 19.9. The lowest BCUT2D eigenvalue weighted by Crippen LogP contribution is -2.39. The number of benzene rings is 3. The van der Waals surface area contributed by atoms with Crippen molar-refractivity contribution in [3.63, 3.8) is 0 Å². The summed E-state index contributed by atoms with van der Waals surface area (Å²) in [7, 11) is 0. The standard InChI is InChI=1S/C25H15N5O4/c26-13-16-21(14-6-5-7-15(12-14)30(31)32)22(24-28-17-8-1-3-10-19(17)33-24)23(27)29-18-9-2-4-11-20(18)34-25(16)29/h1-12,21,27-28H/b24-22+,27-23?. The Hall–Kier alpha value is -5.10. The molecular weight excluding hydrogens is 434 g/mol.